The van der Waals surface area contributed by atoms with E-state index in [-0.39, 0.29) is 6.10 Å². The zero-order valence-electron chi connectivity index (χ0n) is 7.81. The average molecular weight is 195 g/mol. The van der Waals surface area contributed by atoms with Crippen LogP contribution in [0.4, 0.5) is 0 Å². The first kappa shape index (κ1) is 9.45. The summed E-state index contributed by atoms with van der Waals surface area (Å²) < 4.78 is 10.6. The zero-order valence-corrected chi connectivity index (χ0v) is 7.81. The normalized spacial score (nSPS) is 16.4. The van der Waals surface area contributed by atoms with Gasteiger partial charge in [-0.1, -0.05) is 12.1 Å². The van der Waals surface area contributed by atoms with Crippen LogP contribution in [0.5, 0.6) is 5.75 Å². The first-order valence-electron chi connectivity index (χ1n) is 4.53. The van der Waals surface area contributed by atoms with Crippen molar-refractivity contribution in [2.75, 3.05) is 13.2 Å². The lowest BCUT2D eigenvalue weighted by atomic mass is 10.2. The third-order valence-electron chi connectivity index (χ3n) is 2.06. The van der Waals surface area contributed by atoms with E-state index in [9.17, 15) is 0 Å². The van der Waals surface area contributed by atoms with Crippen molar-refractivity contribution >= 4 is 0 Å². The fourth-order valence-corrected chi connectivity index (χ4v) is 1.28. The first-order chi connectivity index (χ1) is 6.88. The topological polar surface area (TPSA) is 53.7 Å². The molecule has 2 rings (SSSR count). The van der Waals surface area contributed by atoms with Crippen molar-refractivity contribution in [3.8, 4) is 5.75 Å². The van der Waals surface area contributed by atoms with E-state index in [1.807, 2.05) is 24.3 Å². The Labute approximate surface area is 82.5 Å². The van der Waals surface area contributed by atoms with Crippen molar-refractivity contribution in [2.45, 2.75) is 12.7 Å². The van der Waals surface area contributed by atoms with Gasteiger partial charge in [-0.05, 0) is 17.7 Å². The van der Waals surface area contributed by atoms with Gasteiger partial charge >= 0.3 is 0 Å². The second kappa shape index (κ2) is 4.41. The van der Waals surface area contributed by atoms with E-state index in [0.29, 0.717) is 19.8 Å². The summed E-state index contributed by atoms with van der Waals surface area (Å²) in [5.41, 5.74) is 1.00. The second-order valence-electron chi connectivity index (χ2n) is 3.24. The smallest absolute Gasteiger partial charge is 0.145 e. The van der Waals surface area contributed by atoms with Gasteiger partial charge in [0, 0.05) is 0 Å². The van der Waals surface area contributed by atoms with Gasteiger partial charge in [0.15, 0.2) is 0 Å². The van der Waals surface area contributed by atoms with Gasteiger partial charge in [0.25, 0.3) is 0 Å². The van der Waals surface area contributed by atoms with Crippen LogP contribution in [0.3, 0.4) is 0 Å². The summed E-state index contributed by atoms with van der Waals surface area (Å²) in [7, 11) is 0. The van der Waals surface area contributed by atoms with Gasteiger partial charge in [-0.15, -0.1) is 0 Å². The highest BCUT2D eigenvalue weighted by molar-refractivity contribution is 5.28. The minimum absolute atomic E-state index is 0.198. The van der Waals surface area contributed by atoms with E-state index in [1.165, 1.54) is 0 Å². The lowest BCUT2D eigenvalue weighted by molar-refractivity contribution is -0.0797. The summed E-state index contributed by atoms with van der Waals surface area (Å²) in [6, 6.07) is 7.70. The van der Waals surface area contributed by atoms with Gasteiger partial charge in [0.2, 0.25) is 0 Å². The molecule has 4 nitrogen and oxygen atoms in total. The van der Waals surface area contributed by atoms with Crippen molar-refractivity contribution < 1.29 is 14.3 Å². The molecule has 1 aliphatic heterocycles. The maximum Gasteiger partial charge on any atom is 0.145 e. The molecule has 0 amide bonds. The minimum Gasteiger partial charge on any atom is -0.486 e. The minimum atomic E-state index is 0.198. The van der Waals surface area contributed by atoms with E-state index in [4.69, 9.17) is 15.4 Å². The van der Waals surface area contributed by atoms with Crippen LogP contribution < -0.4 is 10.6 Å². The van der Waals surface area contributed by atoms with Gasteiger partial charge < -0.3 is 9.47 Å². The van der Waals surface area contributed by atoms with Crippen molar-refractivity contribution in [3.05, 3.63) is 29.8 Å². The van der Waals surface area contributed by atoms with Crippen LogP contribution in [-0.4, -0.2) is 19.3 Å². The molecule has 0 saturated carbocycles. The number of nitrogens with two attached hydrogens (primary N) is 1. The van der Waals surface area contributed by atoms with Crippen LogP contribution in [0.15, 0.2) is 24.3 Å². The van der Waals surface area contributed by atoms with E-state index in [2.05, 4.69) is 4.84 Å². The van der Waals surface area contributed by atoms with Gasteiger partial charge in [-0.25, -0.2) is 5.90 Å². The summed E-state index contributed by atoms with van der Waals surface area (Å²) in [5, 5.41) is 0. The molecule has 1 saturated heterocycles. The van der Waals surface area contributed by atoms with E-state index < -0.39 is 0 Å². The summed E-state index contributed by atoms with van der Waals surface area (Å²) in [5.74, 6) is 5.83. The molecular weight excluding hydrogens is 182 g/mol. The highest BCUT2D eigenvalue weighted by atomic mass is 16.6. The summed E-state index contributed by atoms with van der Waals surface area (Å²) in [4.78, 5) is 4.55. The first-order valence-corrected chi connectivity index (χ1v) is 4.53. The number of hydrogen-bond acceptors (Lipinski definition) is 4. The monoisotopic (exact) mass is 195 g/mol. The highest BCUT2D eigenvalue weighted by Gasteiger charge is 2.19. The van der Waals surface area contributed by atoms with Crippen LogP contribution in [0.2, 0.25) is 0 Å². The maximum atomic E-state index is 5.62. The second-order valence-corrected chi connectivity index (χ2v) is 3.24. The Morgan fingerprint density at radius 1 is 1.43 bits per heavy atom. The molecule has 0 unspecified atom stereocenters. The number of ether oxygens (including phenoxy) is 2. The molecular formula is C10H13NO3. The molecule has 2 N–H and O–H groups in total. The molecule has 1 fully saturated rings. The van der Waals surface area contributed by atoms with Crippen LogP contribution in [-0.2, 0) is 16.2 Å². The molecule has 4 heteroatoms. The molecule has 1 aromatic carbocycles. The van der Waals surface area contributed by atoms with E-state index in [1.54, 1.807) is 0 Å². The predicted octanol–water partition coefficient (Wildman–Crippen LogP) is 0.854. The van der Waals surface area contributed by atoms with E-state index >= 15 is 0 Å². The number of rotatable bonds is 4. The molecule has 14 heavy (non-hydrogen) atoms. The Morgan fingerprint density at radius 2 is 2.29 bits per heavy atom. The van der Waals surface area contributed by atoms with Gasteiger partial charge in [-0.2, -0.15) is 0 Å². The third-order valence-corrected chi connectivity index (χ3v) is 2.06. The Balaban J connectivity index is 1.97. The molecule has 0 radical (unpaired) electrons. The van der Waals surface area contributed by atoms with Gasteiger partial charge in [-0.3, -0.25) is 4.84 Å². The van der Waals surface area contributed by atoms with Crippen LogP contribution >= 0.6 is 0 Å². The molecule has 0 spiro atoms. The van der Waals surface area contributed by atoms with Gasteiger partial charge in [0.1, 0.15) is 11.9 Å². The molecule has 0 atom stereocenters. The van der Waals surface area contributed by atoms with Crippen molar-refractivity contribution in [1.82, 2.24) is 0 Å². The predicted molar refractivity (Wildman–Crippen MR) is 50.7 cm³/mol. The SMILES string of the molecule is NOCc1cccc(OC2COC2)c1. The largest absolute Gasteiger partial charge is 0.486 e. The van der Waals surface area contributed by atoms with Crippen LogP contribution in [0.1, 0.15) is 5.56 Å². The molecule has 0 aromatic heterocycles. The molecule has 1 heterocycles. The van der Waals surface area contributed by atoms with Gasteiger partial charge in [0.05, 0.1) is 19.8 Å². The number of hydrogen-bond donors (Lipinski definition) is 1. The molecule has 1 aliphatic rings. The Kier molecular flexibility index (Phi) is 2.98. The summed E-state index contributed by atoms with van der Waals surface area (Å²) >= 11 is 0. The molecule has 1 aromatic rings. The summed E-state index contributed by atoms with van der Waals surface area (Å²) in [6.07, 6.45) is 0.198. The fourth-order valence-electron chi connectivity index (χ4n) is 1.28. The molecule has 0 aliphatic carbocycles. The zero-order chi connectivity index (χ0) is 9.80. The van der Waals surface area contributed by atoms with Crippen molar-refractivity contribution in [1.29, 1.82) is 0 Å². The average Bonchev–Trinajstić information content (AvgIpc) is 2.13. The lowest BCUT2D eigenvalue weighted by Gasteiger charge is -2.26. The van der Waals surface area contributed by atoms with Crippen LogP contribution in [0.25, 0.3) is 0 Å². The summed E-state index contributed by atoms with van der Waals surface area (Å²) in [6.45, 7) is 1.76. The van der Waals surface area contributed by atoms with Crippen molar-refractivity contribution in [3.63, 3.8) is 0 Å². The molecule has 0 bridgehead atoms. The quantitative estimate of drug-likeness (QED) is 0.724. The number of benzene rings is 1. The maximum absolute atomic E-state index is 5.62. The Morgan fingerprint density at radius 3 is 2.93 bits per heavy atom. The Hall–Kier alpha value is -1.10. The highest BCUT2D eigenvalue weighted by Crippen LogP contribution is 2.17. The van der Waals surface area contributed by atoms with E-state index in [0.717, 1.165) is 11.3 Å². The Bertz CT molecular complexity index is 299. The fraction of sp³-hybridized carbons (Fsp3) is 0.400. The van der Waals surface area contributed by atoms with Crippen LogP contribution in [0, 0.1) is 0 Å². The third kappa shape index (κ3) is 2.23. The lowest BCUT2D eigenvalue weighted by Crippen LogP contribution is -2.38. The standard InChI is InChI=1S/C10H13NO3/c11-13-5-8-2-1-3-9(4-8)14-10-6-12-7-10/h1-4,10H,5-7,11H2. The molecule has 76 valence electrons. The van der Waals surface area contributed by atoms with Crippen molar-refractivity contribution in [2.24, 2.45) is 5.90 Å².